The lowest BCUT2D eigenvalue weighted by Crippen LogP contribution is -2.44. The Balaban J connectivity index is 1.43. The number of benzene rings is 1. The Labute approximate surface area is 178 Å². The summed E-state index contributed by atoms with van der Waals surface area (Å²) in [5.41, 5.74) is 0.947. The monoisotopic (exact) mass is 409 g/mol. The standard InChI is InChI=1S/C24H31N3O3/c1-14-15-9-7-8-10-16(15)19(11-25-14)24(5,6)26-21(28)20-17-12-27(13-18(17)20)22(29)30-23(2,3)4/h7-11,17-18,20H,12-13H2,1-6H3,(H,26,28)/t17-,18+,20?. The summed E-state index contributed by atoms with van der Waals surface area (Å²) in [6, 6.07) is 8.17. The van der Waals surface area contributed by atoms with E-state index >= 15 is 0 Å². The molecule has 1 aliphatic carbocycles. The van der Waals surface area contributed by atoms with Gasteiger partial charge in [0.1, 0.15) is 5.60 Å². The molecule has 1 aromatic carbocycles. The van der Waals surface area contributed by atoms with Crippen LogP contribution in [0.5, 0.6) is 0 Å². The zero-order valence-corrected chi connectivity index (χ0v) is 18.7. The molecule has 2 fully saturated rings. The van der Waals surface area contributed by atoms with Crippen molar-refractivity contribution in [2.24, 2.45) is 17.8 Å². The van der Waals surface area contributed by atoms with Crippen molar-refractivity contribution < 1.29 is 14.3 Å². The van der Waals surface area contributed by atoms with Gasteiger partial charge in [0, 0.05) is 41.8 Å². The Kier molecular flexibility index (Phi) is 4.79. The van der Waals surface area contributed by atoms with Crippen molar-refractivity contribution in [1.29, 1.82) is 0 Å². The lowest BCUT2D eigenvalue weighted by atomic mass is 9.90. The number of pyridine rings is 1. The van der Waals surface area contributed by atoms with E-state index in [0.717, 1.165) is 22.0 Å². The van der Waals surface area contributed by atoms with Gasteiger partial charge in [0.05, 0.1) is 5.54 Å². The quantitative estimate of drug-likeness (QED) is 0.832. The second-order valence-electron chi connectivity index (χ2n) is 10.2. The summed E-state index contributed by atoms with van der Waals surface area (Å²) in [5, 5.41) is 5.46. The van der Waals surface area contributed by atoms with Gasteiger partial charge in [-0.3, -0.25) is 9.78 Å². The molecule has 1 N–H and O–H groups in total. The Morgan fingerprint density at radius 2 is 1.67 bits per heavy atom. The molecule has 1 unspecified atom stereocenters. The van der Waals surface area contributed by atoms with Crippen LogP contribution in [0.25, 0.3) is 10.8 Å². The third-order valence-electron chi connectivity index (χ3n) is 6.25. The van der Waals surface area contributed by atoms with Gasteiger partial charge in [-0.1, -0.05) is 24.3 Å². The molecule has 1 saturated heterocycles. The van der Waals surface area contributed by atoms with Gasteiger partial charge in [-0.05, 0) is 58.8 Å². The largest absolute Gasteiger partial charge is 0.444 e. The van der Waals surface area contributed by atoms with Gasteiger partial charge in [-0.2, -0.15) is 0 Å². The molecule has 2 heterocycles. The fourth-order valence-corrected chi connectivity index (χ4v) is 4.68. The highest BCUT2D eigenvalue weighted by Gasteiger charge is 2.61. The minimum Gasteiger partial charge on any atom is -0.444 e. The molecular weight excluding hydrogens is 378 g/mol. The molecule has 6 heteroatoms. The van der Waals surface area contributed by atoms with Gasteiger partial charge in [0.15, 0.2) is 0 Å². The van der Waals surface area contributed by atoms with Crippen LogP contribution in [0.1, 0.15) is 45.9 Å². The van der Waals surface area contributed by atoms with E-state index < -0.39 is 11.1 Å². The Morgan fingerprint density at radius 3 is 2.27 bits per heavy atom. The summed E-state index contributed by atoms with van der Waals surface area (Å²) in [4.78, 5) is 31.6. The number of likely N-dealkylation sites (tertiary alicyclic amines) is 1. The molecule has 0 bridgehead atoms. The second kappa shape index (κ2) is 6.96. The van der Waals surface area contributed by atoms with E-state index in [1.54, 1.807) is 4.90 Å². The smallest absolute Gasteiger partial charge is 0.410 e. The summed E-state index contributed by atoms with van der Waals surface area (Å²) >= 11 is 0. The maximum Gasteiger partial charge on any atom is 0.410 e. The number of fused-ring (bicyclic) bond motifs is 2. The first-order chi connectivity index (χ1) is 14.0. The summed E-state index contributed by atoms with van der Waals surface area (Å²) in [6.45, 7) is 12.8. The number of nitrogens with zero attached hydrogens (tertiary/aromatic N) is 2. The Hall–Kier alpha value is -2.63. The van der Waals surface area contributed by atoms with Crippen molar-refractivity contribution in [3.63, 3.8) is 0 Å². The van der Waals surface area contributed by atoms with Crippen molar-refractivity contribution in [3.05, 3.63) is 41.7 Å². The highest BCUT2D eigenvalue weighted by Crippen LogP contribution is 2.52. The van der Waals surface area contributed by atoms with Crippen LogP contribution in [0.3, 0.4) is 0 Å². The number of carbonyl (C=O) groups excluding carboxylic acids is 2. The predicted octanol–water partition coefficient (Wildman–Crippen LogP) is 4.01. The maximum atomic E-state index is 13.1. The third-order valence-corrected chi connectivity index (χ3v) is 6.25. The molecule has 2 aliphatic rings. The molecule has 1 aromatic heterocycles. The Morgan fingerprint density at radius 1 is 1.07 bits per heavy atom. The number of amides is 2. The molecule has 4 rings (SSSR count). The van der Waals surface area contributed by atoms with E-state index in [4.69, 9.17) is 4.74 Å². The SMILES string of the molecule is Cc1ncc(C(C)(C)NC(=O)C2[C@H]3CN(C(=O)OC(C)(C)C)C[C@@H]23)c2ccccc12. The molecule has 160 valence electrons. The highest BCUT2D eigenvalue weighted by molar-refractivity contribution is 5.89. The number of hydrogen-bond acceptors (Lipinski definition) is 4. The molecule has 1 saturated carbocycles. The normalized spacial score (nSPS) is 23.3. The number of carbonyl (C=O) groups is 2. The fourth-order valence-electron chi connectivity index (χ4n) is 4.68. The first-order valence-corrected chi connectivity index (χ1v) is 10.6. The lowest BCUT2D eigenvalue weighted by Gasteiger charge is -2.29. The van der Waals surface area contributed by atoms with Gasteiger partial charge < -0.3 is 15.0 Å². The van der Waals surface area contributed by atoms with Crippen LogP contribution in [0.4, 0.5) is 4.79 Å². The van der Waals surface area contributed by atoms with Crippen LogP contribution < -0.4 is 5.32 Å². The van der Waals surface area contributed by atoms with Crippen molar-refractivity contribution >= 4 is 22.8 Å². The average molecular weight is 410 g/mol. The van der Waals surface area contributed by atoms with Crippen LogP contribution in [0, 0.1) is 24.7 Å². The van der Waals surface area contributed by atoms with Crippen LogP contribution in [-0.4, -0.2) is 40.6 Å². The summed E-state index contributed by atoms with van der Waals surface area (Å²) in [5.74, 6) is 0.471. The average Bonchev–Trinajstić information content (AvgIpc) is 3.14. The number of rotatable bonds is 3. The molecule has 0 spiro atoms. The number of aryl methyl sites for hydroxylation is 1. The molecular formula is C24H31N3O3. The van der Waals surface area contributed by atoms with Gasteiger partial charge in [0.2, 0.25) is 5.91 Å². The summed E-state index contributed by atoms with van der Waals surface area (Å²) in [7, 11) is 0. The second-order valence-corrected chi connectivity index (χ2v) is 10.2. The highest BCUT2D eigenvalue weighted by atomic mass is 16.6. The molecule has 30 heavy (non-hydrogen) atoms. The van der Waals surface area contributed by atoms with Gasteiger partial charge in [-0.15, -0.1) is 0 Å². The molecule has 3 atom stereocenters. The number of aromatic nitrogens is 1. The van der Waals surface area contributed by atoms with E-state index in [0.29, 0.717) is 13.1 Å². The van der Waals surface area contributed by atoms with Crippen LogP contribution >= 0.6 is 0 Å². The maximum absolute atomic E-state index is 13.1. The van der Waals surface area contributed by atoms with E-state index in [2.05, 4.69) is 22.4 Å². The molecule has 2 aromatic rings. The summed E-state index contributed by atoms with van der Waals surface area (Å²) in [6.07, 6.45) is 1.59. The minimum absolute atomic E-state index is 0.0346. The number of ether oxygens (including phenoxy) is 1. The number of piperidine rings is 1. The molecule has 6 nitrogen and oxygen atoms in total. The minimum atomic E-state index is -0.543. The lowest BCUT2D eigenvalue weighted by molar-refractivity contribution is -0.125. The zero-order valence-electron chi connectivity index (χ0n) is 18.7. The fraction of sp³-hybridized carbons (Fsp3) is 0.542. The van der Waals surface area contributed by atoms with Gasteiger partial charge >= 0.3 is 6.09 Å². The molecule has 2 amide bonds. The van der Waals surface area contributed by atoms with Gasteiger partial charge in [-0.25, -0.2) is 4.79 Å². The van der Waals surface area contributed by atoms with Crippen LogP contribution in [-0.2, 0) is 15.1 Å². The Bertz CT molecular complexity index is 996. The predicted molar refractivity (Wildman–Crippen MR) is 116 cm³/mol. The van der Waals surface area contributed by atoms with E-state index in [-0.39, 0.29) is 29.8 Å². The number of hydrogen-bond donors (Lipinski definition) is 1. The van der Waals surface area contributed by atoms with E-state index in [1.807, 2.05) is 59.9 Å². The van der Waals surface area contributed by atoms with Crippen LogP contribution in [0.15, 0.2) is 30.5 Å². The zero-order chi connectivity index (χ0) is 21.8. The van der Waals surface area contributed by atoms with Crippen molar-refractivity contribution in [2.45, 2.75) is 52.7 Å². The van der Waals surface area contributed by atoms with Crippen molar-refractivity contribution in [2.75, 3.05) is 13.1 Å². The summed E-state index contributed by atoms with van der Waals surface area (Å²) < 4.78 is 5.45. The van der Waals surface area contributed by atoms with E-state index in [9.17, 15) is 9.59 Å². The topological polar surface area (TPSA) is 71.5 Å². The van der Waals surface area contributed by atoms with Crippen molar-refractivity contribution in [1.82, 2.24) is 15.2 Å². The first-order valence-electron chi connectivity index (χ1n) is 10.6. The van der Waals surface area contributed by atoms with Crippen LogP contribution in [0.2, 0.25) is 0 Å². The molecule has 1 aliphatic heterocycles. The molecule has 0 radical (unpaired) electrons. The first kappa shape index (κ1) is 20.6. The number of nitrogens with one attached hydrogen (secondary N) is 1. The van der Waals surface area contributed by atoms with Crippen molar-refractivity contribution in [3.8, 4) is 0 Å². The van der Waals surface area contributed by atoms with Gasteiger partial charge in [0.25, 0.3) is 0 Å². The third kappa shape index (κ3) is 3.75. The van der Waals surface area contributed by atoms with E-state index in [1.165, 1.54) is 0 Å².